The molecule has 4 heteroatoms. The van der Waals surface area contributed by atoms with Crippen molar-refractivity contribution in [2.75, 3.05) is 0 Å². The summed E-state index contributed by atoms with van der Waals surface area (Å²) in [5.41, 5.74) is 11.5. The van der Waals surface area contributed by atoms with Gasteiger partial charge in [-0.1, -0.05) is 42.5 Å². The molecule has 32 heavy (non-hydrogen) atoms. The third-order valence-electron chi connectivity index (χ3n) is 5.42. The molecule has 3 nitrogen and oxygen atoms in total. The summed E-state index contributed by atoms with van der Waals surface area (Å²) in [6.07, 6.45) is 2.80. The van der Waals surface area contributed by atoms with E-state index in [1.54, 1.807) is 0 Å². The molecule has 0 aliphatic heterocycles. The number of benzene rings is 2. The van der Waals surface area contributed by atoms with Crippen LogP contribution in [0.4, 0.5) is 11.4 Å². The zero-order valence-corrected chi connectivity index (χ0v) is 20.9. The molecule has 0 unspecified atom stereocenters. The molecule has 166 valence electrons. The minimum absolute atomic E-state index is 0. The second-order valence-corrected chi connectivity index (χ2v) is 8.11. The first-order valence-electron chi connectivity index (χ1n) is 10.7. The number of aromatic nitrogens is 1. The summed E-state index contributed by atoms with van der Waals surface area (Å²) in [5.74, 6) is 0. The van der Waals surface area contributed by atoms with Crippen molar-refractivity contribution in [3.8, 4) is 0 Å². The maximum atomic E-state index is 4.93. The molecule has 0 radical (unpaired) electrons. The number of pyridine rings is 1. The van der Waals surface area contributed by atoms with Gasteiger partial charge >= 0.3 is 0 Å². The summed E-state index contributed by atoms with van der Waals surface area (Å²) in [6.45, 7) is 16.3. The Bertz CT molecular complexity index is 1150. The third kappa shape index (κ3) is 5.91. The Hall–Kier alpha value is -2.81. The van der Waals surface area contributed by atoms with E-state index in [9.17, 15) is 0 Å². The van der Waals surface area contributed by atoms with E-state index in [0.717, 1.165) is 40.6 Å². The van der Waals surface area contributed by atoms with Gasteiger partial charge in [-0.15, -0.1) is 6.58 Å². The molecule has 1 heterocycles. The molecule has 0 saturated carbocycles. The number of allylic oxidation sites excluding steroid dienone is 1. The Morgan fingerprint density at radius 1 is 0.781 bits per heavy atom. The van der Waals surface area contributed by atoms with E-state index in [0.29, 0.717) is 0 Å². The van der Waals surface area contributed by atoms with Crippen molar-refractivity contribution in [3.05, 3.63) is 100 Å². The molecule has 1 aromatic heterocycles. The number of rotatable bonds is 6. The van der Waals surface area contributed by atoms with Gasteiger partial charge in [0.2, 0.25) is 0 Å². The van der Waals surface area contributed by atoms with E-state index in [1.807, 2.05) is 38.1 Å². The van der Waals surface area contributed by atoms with Gasteiger partial charge in [-0.05, 0) is 87.9 Å². The van der Waals surface area contributed by atoms with Gasteiger partial charge < -0.3 is 0 Å². The predicted octanol–water partition coefficient (Wildman–Crippen LogP) is 7.32. The number of hydrogen-bond donors (Lipinski definition) is 0. The van der Waals surface area contributed by atoms with Crippen LogP contribution in [0.25, 0.3) is 0 Å². The van der Waals surface area contributed by atoms with E-state index >= 15 is 0 Å². The van der Waals surface area contributed by atoms with Gasteiger partial charge in [0.1, 0.15) is 0 Å². The minimum atomic E-state index is 0. The van der Waals surface area contributed by atoms with Crippen LogP contribution in [0.5, 0.6) is 0 Å². The Morgan fingerprint density at radius 3 is 1.69 bits per heavy atom. The standard InChI is InChI=1S/C28H31N3.Fe/c1-8-11-24-16-20(4)28(21(5)17-24)30-23(7)26-15-10-14-25(31-26)22(6)29-27-18(2)12-9-13-19(27)3;/h8-10,12-17H,1,11H2,2-7H3;/b29-22+,30-23-;. The SMILES string of the molecule is C=CCc1cc(C)c(/N=C(/C)c2cccc(/C(C)=N/c3c(C)cccc3C)n2)c(C)c1.[Fe]. The molecule has 0 saturated heterocycles. The second-order valence-electron chi connectivity index (χ2n) is 8.11. The van der Waals surface area contributed by atoms with E-state index in [4.69, 9.17) is 15.0 Å². The molecule has 2 aromatic carbocycles. The summed E-state index contributed by atoms with van der Waals surface area (Å²) in [6, 6.07) is 16.6. The maximum absolute atomic E-state index is 4.93. The molecule has 0 fully saturated rings. The molecule has 0 N–H and O–H groups in total. The van der Waals surface area contributed by atoms with E-state index in [-0.39, 0.29) is 17.1 Å². The van der Waals surface area contributed by atoms with Crippen LogP contribution in [0, 0.1) is 27.7 Å². The van der Waals surface area contributed by atoms with Gasteiger partial charge in [-0.2, -0.15) is 0 Å². The number of hydrogen-bond acceptors (Lipinski definition) is 3. The number of aliphatic imine (C=N–C) groups is 2. The van der Waals surface area contributed by atoms with Crippen LogP contribution < -0.4 is 0 Å². The molecule has 0 aliphatic carbocycles. The topological polar surface area (TPSA) is 37.6 Å². The Morgan fingerprint density at radius 2 is 1.22 bits per heavy atom. The van der Waals surface area contributed by atoms with E-state index < -0.39 is 0 Å². The zero-order chi connectivity index (χ0) is 22.5. The summed E-state index contributed by atoms with van der Waals surface area (Å²) in [4.78, 5) is 14.7. The van der Waals surface area contributed by atoms with Crippen molar-refractivity contribution in [1.29, 1.82) is 0 Å². The van der Waals surface area contributed by atoms with Crippen LogP contribution in [-0.2, 0) is 23.5 Å². The average Bonchev–Trinajstić information content (AvgIpc) is 2.73. The van der Waals surface area contributed by atoms with Crippen LogP contribution in [0.2, 0.25) is 0 Å². The first-order chi connectivity index (χ1) is 14.8. The summed E-state index contributed by atoms with van der Waals surface area (Å²) in [7, 11) is 0. The van der Waals surface area contributed by atoms with Crippen LogP contribution in [0.3, 0.4) is 0 Å². The molecule has 0 atom stereocenters. The number of nitrogens with zero attached hydrogens (tertiary/aromatic N) is 3. The third-order valence-corrected chi connectivity index (χ3v) is 5.42. The molecule has 0 aliphatic rings. The van der Waals surface area contributed by atoms with Crippen LogP contribution in [0.15, 0.2) is 71.2 Å². The van der Waals surface area contributed by atoms with Crippen LogP contribution in [-0.4, -0.2) is 16.4 Å². The van der Waals surface area contributed by atoms with Crippen LogP contribution in [0.1, 0.15) is 53.1 Å². The molecule has 0 amide bonds. The molecular formula is C28H31FeN3. The van der Waals surface area contributed by atoms with Crippen molar-refractivity contribution in [3.63, 3.8) is 0 Å². The van der Waals surface area contributed by atoms with Gasteiger partial charge in [0.15, 0.2) is 0 Å². The van der Waals surface area contributed by atoms with Crippen molar-refractivity contribution in [2.45, 2.75) is 48.0 Å². The first-order valence-corrected chi connectivity index (χ1v) is 10.7. The molecule has 3 aromatic rings. The Kier molecular flexibility index (Phi) is 8.89. The maximum Gasteiger partial charge on any atom is 0.0849 e. The van der Waals surface area contributed by atoms with Crippen molar-refractivity contribution in [1.82, 2.24) is 4.98 Å². The van der Waals surface area contributed by atoms with Gasteiger partial charge in [-0.25, -0.2) is 4.98 Å². The average molecular weight is 465 g/mol. The normalized spacial score (nSPS) is 11.8. The number of aryl methyl sites for hydroxylation is 4. The number of para-hydroxylation sites is 1. The van der Waals surface area contributed by atoms with Gasteiger partial charge in [-0.3, -0.25) is 9.98 Å². The van der Waals surface area contributed by atoms with Gasteiger partial charge in [0.05, 0.1) is 34.2 Å². The van der Waals surface area contributed by atoms with Gasteiger partial charge in [0.25, 0.3) is 0 Å². The Labute approximate surface area is 202 Å². The summed E-state index contributed by atoms with van der Waals surface area (Å²) >= 11 is 0. The fraction of sp³-hybridized carbons (Fsp3) is 0.250. The molecular weight excluding hydrogens is 434 g/mol. The van der Waals surface area contributed by atoms with E-state index in [1.165, 1.54) is 27.8 Å². The summed E-state index contributed by atoms with van der Waals surface area (Å²) in [5, 5.41) is 0. The fourth-order valence-corrected chi connectivity index (χ4v) is 3.78. The first kappa shape index (κ1) is 25.5. The Balaban J connectivity index is 0.00000363. The largest absolute Gasteiger partial charge is 0.251 e. The van der Waals surface area contributed by atoms with Gasteiger partial charge in [0, 0.05) is 17.1 Å². The monoisotopic (exact) mass is 465 g/mol. The smallest absolute Gasteiger partial charge is 0.0849 e. The zero-order valence-electron chi connectivity index (χ0n) is 19.8. The minimum Gasteiger partial charge on any atom is -0.251 e. The predicted molar refractivity (Wildman–Crippen MR) is 134 cm³/mol. The van der Waals surface area contributed by atoms with Crippen molar-refractivity contribution >= 4 is 22.8 Å². The fourth-order valence-electron chi connectivity index (χ4n) is 3.78. The summed E-state index contributed by atoms with van der Waals surface area (Å²) < 4.78 is 0. The molecule has 0 bridgehead atoms. The van der Waals surface area contributed by atoms with Crippen molar-refractivity contribution in [2.24, 2.45) is 9.98 Å². The molecule has 3 rings (SSSR count). The second kappa shape index (κ2) is 11.2. The van der Waals surface area contributed by atoms with E-state index in [2.05, 4.69) is 64.6 Å². The van der Waals surface area contributed by atoms with Crippen molar-refractivity contribution < 1.29 is 17.1 Å². The van der Waals surface area contributed by atoms with Crippen LogP contribution >= 0.6 is 0 Å². The quantitative estimate of drug-likeness (QED) is 0.213. The molecule has 0 spiro atoms.